The predicted octanol–water partition coefficient (Wildman–Crippen LogP) is 2.56. The minimum absolute atomic E-state index is 0.0369. The number of ether oxygens (including phenoxy) is 1. The Balaban J connectivity index is 1.85. The van der Waals surface area contributed by atoms with Crippen LogP contribution in [0.4, 0.5) is 0 Å². The molecule has 0 bridgehead atoms. The van der Waals surface area contributed by atoms with Gasteiger partial charge in [-0.25, -0.2) is 0 Å². The Labute approximate surface area is 97.7 Å². The molecule has 2 aliphatic rings. The van der Waals surface area contributed by atoms with Gasteiger partial charge in [-0.2, -0.15) is 0 Å². The van der Waals surface area contributed by atoms with E-state index in [2.05, 4.69) is 15.9 Å². The molecule has 0 heterocycles. The van der Waals surface area contributed by atoms with Crippen LogP contribution in [0.1, 0.15) is 44.9 Å². The maximum Gasteiger partial charge on any atom is 0.330 e. The van der Waals surface area contributed by atoms with E-state index >= 15 is 0 Å². The number of hydrogen-bond donors (Lipinski definition) is 0. The van der Waals surface area contributed by atoms with Crippen LogP contribution in [-0.2, 0) is 14.3 Å². The fourth-order valence-electron chi connectivity index (χ4n) is 2.12. The lowest BCUT2D eigenvalue weighted by Gasteiger charge is -2.33. The van der Waals surface area contributed by atoms with Crippen LogP contribution in [0.15, 0.2) is 0 Å². The summed E-state index contributed by atoms with van der Waals surface area (Å²) in [5.41, 5.74) is 0. The van der Waals surface area contributed by atoms with Gasteiger partial charge in [0.25, 0.3) is 0 Å². The molecule has 2 fully saturated rings. The highest BCUT2D eigenvalue weighted by Gasteiger charge is 2.44. The Morgan fingerprint density at radius 3 is 2.20 bits per heavy atom. The summed E-state index contributed by atoms with van der Waals surface area (Å²) in [6.45, 7) is 0. The third kappa shape index (κ3) is 2.25. The molecule has 0 unspecified atom stereocenters. The predicted molar refractivity (Wildman–Crippen MR) is 58.6 cm³/mol. The topological polar surface area (TPSA) is 43.4 Å². The molecular weight excluding hydrogens is 260 g/mol. The zero-order valence-electron chi connectivity index (χ0n) is 8.63. The standard InChI is InChI=1S/C11H15BrO3/c12-11(6-3-7-11)10(14)15-9(13)8-4-1-2-5-8/h8H,1-7H2. The zero-order valence-corrected chi connectivity index (χ0v) is 10.2. The largest absolute Gasteiger partial charge is 0.392 e. The third-order valence-electron chi connectivity index (χ3n) is 3.39. The van der Waals surface area contributed by atoms with Crippen LogP contribution in [0, 0.1) is 5.92 Å². The van der Waals surface area contributed by atoms with E-state index in [1.54, 1.807) is 0 Å². The Hall–Kier alpha value is -0.380. The molecule has 2 aliphatic carbocycles. The first kappa shape index (κ1) is 11.1. The van der Waals surface area contributed by atoms with Crippen molar-refractivity contribution in [1.82, 2.24) is 0 Å². The Kier molecular flexibility index (Phi) is 3.14. The number of carbonyl (C=O) groups is 2. The summed E-state index contributed by atoms with van der Waals surface area (Å²) in [4.78, 5) is 23.2. The van der Waals surface area contributed by atoms with Crippen LogP contribution >= 0.6 is 15.9 Å². The van der Waals surface area contributed by atoms with Gasteiger partial charge >= 0.3 is 11.9 Å². The Bertz CT molecular complexity index is 278. The van der Waals surface area contributed by atoms with E-state index in [1.807, 2.05) is 0 Å². The lowest BCUT2D eigenvalue weighted by molar-refractivity contribution is -0.165. The highest BCUT2D eigenvalue weighted by Crippen LogP contribution is 2.41. The Morgan fingerprint density at radius 2 is 1.73 bits per heavy atom. The molecular formula is C11H15BrO3. The van der Waals surface area contributed by atoms with Crippen molar-refractivity contribution in [3.8, 4) is 0 Å². The molecule has 2 saturated carbocycles. The molecule has 2 rings (SSSR count). The van der Waals surface area contributed by atoms with Gasteiger partial charge < -0.3 is 4.74 Å². The summed E-state index contributed by atoms with van der Waals surface area (Å²) in [6, 6.07) is 0. The average Bonchev–Trinajstić information content (AvgIpc) is 2.66. The van der Waals surface area contributed by atoms with Crippen molar-refractivity contribution in [2.45, 2.75) is 49.3 Å². The van der Waals surface area contributed by atoms with E-state index in [4.69, 9.17) is 4.74 Å². The monoisotopic (exact) mass is 274 g/mol. The minimum Gasteiger partial charge on any atom is -0.392 e. The number of esters is 2. The molecule has 0 spiro atoms. The van der Waals surface area contributed by atoms with Crippen LogP contribution < -0.4 is 0 Å². The first-order valence-electron chi connectivity index (χ1n) is 5.57. The van der Waals surface area contributed by atoms with Crippen LogP contribution in [-0.4, -0.2) is 16.3 Å². The molecule has 0 aliphatic heterocycles. The molecule has 0 aromatic heterocycles. The summed E-state index contributed by atoms with van der Waals surface area (Å²) in [5.74, 6) is -0.737. The minimum atomic E-state index is -0.554. The van der Waals surface area contributed by atoms with Gasteiger partial charge in [0.1, 0.15) is 4.32 Å². The van der Waals surface area contributed by atoms with Crippen molar-refractivity contribution in [2.75, 3.05) is 0 Å². The summed E-state index contributed by atoms with van der Waals surface area (Å²) in [7, 11) is 0. The molecule has 0 saturated heterocycles. The fraction of sp³-hybridized carbons (Fsp3) is 0.818. The lowest BCUT2D eigenvalue weighted by Crippen LogP contribution is -2.42. The fourth-order valence-corrected chi connectivity index (χ4v) is 2.76. The first-order chi connectivity index (χ1) is 7.12. The quantitative estimate of drug-likeness (QED) is 0.442. The summed E-state index contributed by atoms with van der Waals surface area (Å²) >= 11 is 3.34. The normalized spacial score (nSPS) is 24.6. The van der Waals surface area contributed by atoms with Gasteiger partial charge in [0.05, 0.1) is 5.92 Å². The molecule has 0 amide bonds. The van der Waals surface area contributed by atoms with Crippen LogP contribution in [0.2, 0.25) is 0 Å². The number of rotatable bonds is 2. The number of hydrogen-bond acceptors (Lipinski definition) is 3. The molecule has 0 radical (unpaired) electrons. The number of alkyl halides is 1. The van der Waals surface area contributed by atoms with E-state index in [9.17, 15) is 9.59 Å². The van der Waals surface area contributed by atoms with Gasteiger partial charge in [-0.3, -0.25) is 9.59 Å². The molecule has 15 heavy (non-hydrogen) atoms. The average molecular weight is 275 g/mol. The van der Waals surface area contributed by atoms with E-state index in [0.717, 1.165) is 44.9 Å². The van der Waals surface area contributed by atoms with Gasteiger partial charge in [0, 0.05) is 0 Å². The molecule has 0 aromatic carbocycles. The molecule has 4 heteroatoms. The molecule has 0 N–H and O–H groups in total. The van der Waals surface area contributed by atoms with Crippen molar-refractivity contribution >= 4 is 27.9 Å². The highest BCUT2D eigenvalue weighted by atomic mass is 79.9. The van der Waals surface area contributed by atoms with Gasteiger partial charge in [0.2, 0.25) is 0 Å². The SMILES string of the molecule is O=C(OC(=O)C1(Br)CCC1)C1CCCC1. The number of halogens is 1. The zero-order chi connectivity index (χ0) is 10.9. The van der Waals surface area contributed by atoms with Gasteiger partial charge in [-0.05, 0) is 32.1 Å². The molecule has 84 valence electrons. The Morgan fingerprint density at radius 1 is 1.13 bits per heavy atom. The lowest BCUT2D eigenvalue weighted by atomic mass is 9.85. The highest BCUT2D eigenvalue weighted by molar-refractivity contribution is 9.10. The van der Waals surface area contributed by atoms with Crippen LogP contribution in [0.3, 0.4) is 0 Å². The van der Waals surface area contributed by atoms with Gasteiger partial charge in [0.15, 0.2) is 0 Å². The second kappa shape index (κ2) is 4.24. The second-order valence-electron chi connectivity index (χ2n) is 4.51. The number of carbonyl (C=O) groups excluding carboxylic acids is 2. The van der Waals surface area contributed by atoms with E-state index < -0.39 is 4.32 Å². The van der Waals surface area contributed by atoms with Crippen molar-refractivity contribution < 1.29 is 14.3 Å². The summed E-state index contributed by atoms with van der Waals surface area (Å²) in [5, 5.41) is 0. The molecule has 3 nitrogen and oxygen atoms in total. The van der Waals surface area contributed by atoms with E-state index in [0.29, 0.717) is 0 Å². The third-order valence-corrected chi connectivity index (χ3v) is 4.51. The smallest absolute Gasteiger partial charge is 0.330 e. The van der Waals surface area contributed by atoms with Gasteiger partial charge in [-0.1, -0.05) is 28.8 Å². The van der Waals surface area contributed by atoms with Crippen molar-refractivity contribution in [1.29, 1.82) is 0 Å². The molecule has 0 atom stereocenters. The maximum atomic E-state index is 11.6. The van der Waals surface area contributed by atoms with Crippen molar-refractivity contribution in [3.63, 3.8) is 0 Å². The van der Waals surface area contributed by atoms with Crippen molar-refractivity contribution in [2.24, 2.45) is 5.92 Å². The first-order valence-corrected chi connectivity index (χ1v) is 6.36. The van der Waals surface area contributed by atoms with Crippen LogP contribution in [0.25, 0.3) is 0 Å². The second-order valence-corrected chi connectivity index (χ2v) is 6.03. The summed E-state index contributed by atoms with van der Waals surface area (Å²) < 4.78 is 4.36. The molecule has 0 aromatic rings. The van der Waals surface area contributed by atoms with Crippen LogP contribution in [0.5, 0.6) is 0 Å². The van der Waals surface area contributed by atoms with E-state index in [1.165, 1.54) is 0 Å². The van der Waals surface area contributed by atoms with E-state index in [-0.39, 0.29) is 17.9 Å². The summed E-state index contributed by atoms with van der Waals surface area (Å²) in [6.07, 6.45) is 6.50. The van der Waals surface area contributed by atoms with Crippen molar-refractivity contribution in [3.05, 3.63) is 0 Å². The maximum absolute atomic E-state index is 11.6. The van der Waals surface area contributed by atoms with Gasteiger partial charge in [-0.15, -0.1) is 0 Å².